The minimum absolute atomic E-state index is 0.0242. The van der Waals surface area contributed by atoms with E-state index < -0.39 is 0 Å². The molecule has 2 aromatic rings. The Morgan fingerprint density at radius 3 is 2.70 bits per heavy atom. The van der Waals surface area contributed by atoms with Crippen molar-refractivity contribution < 1.29 is 19.4 Å². The van der Waals surface area contributed by atoms with Crippen molar-refractivity contribution in [2.45, 2.75) is 83.6 Å². The van der Waals surface area contributed by atoms with Crippen LogP contribution in [0, 0.1) is 0 Å². The average molecular weight is 472 g/mol. The molecule has 0 aliphatic carbocycles. The fourth-order valence-corrected chi connectivity index (χ4v) is 5.49. The van der Waals surface area contributed by atoms with Gasteiger partial charge < -0.3 is 14.7 Å². The molecule has 1 aromatic heterocycles. The van der Waals surface area contributed by atoms with Crippen molar-refractivity contribution in [2.24, 2.45) is 0 Å². The third-order valence-electron chi connectivity index (χ3n) is 6.45. The lowest BCUT2D eigenvalue weighted by atomic mass is 9.95. The number of unbranched alkanes of at least 4 members (excludes halogenated alkanes) is 2. The first-order chi connectivity index (χ1) is 16.0. The monoisotopic (exact) mass is 471 g/mol. The van der Waals surface area contributed by atoms with Crippen LogP contribution in [0.4, 0.5) is 5.69 Å². The number of hydrogen-bond acceptors (Lipinski definition) is 5. The zero-order valence-corrected chi connectivity index (χ0v) is 20.7. The van der Waals surface area contributed by atoms with Crippen LogP contribution in [0.5, 0.6) is 0 Å². The molecule has 1 saturated heterocycles. The van der Waals surface area contributed by atoms with E-state index in [0.717, 1.165) is 36.2 Å². The maximum absolute atomic E-state index is 12.6. The first-order valence-electron chi connectivity index (χ1n) is 12.3. The van der Waals surface area contributed by atoms with E-state index in [1.807, 2.05) is 11.0 Å². The van der Waals surface area contributed by atoms with Gasteiger partial charge in [0.2, 0.25) is 5.91 Å². The number of aliphatic hydroxyl groups excluding tert-OH is 1. The minimum Gasteiger partial charge on any atom is -0.459 e. The number of hydrogen-bond donors (Lipinski definition) is 1. The number of esters is 1. The summed E-state index contributed by atoms with van der Waals surface area (Å²) in [5, 5.41) is 8.79. The van der Waals surface area contributed by atoms with Crippen LogP contribution in [0.1, 0.15) is 91.2 Å². The van der Waals surface area contributed by atoms with Crippen LogP contribution in [0.15, 0.2) is 36.4 Å². The van der Waals surface area contributed by atoms with E-state index in [4.69, 9.17) is 9.84 Å². The van der Waals surface area contributed by atoms with E-state index in [1.54, 1.807) is 6.07 Å². The highest BCUT2D eigenvalue weighted by molar-refractivity contribution is 7.13. The van der Waals surface area contributed by atoms with E-state index in [9.17, 15) is 9.59 Å². The number of ether oxygens (including phenoxy) is 1. The van der Waals surface area contributed by atoms with Gasteiger partial charge in [-0.15, -0.1) is 11.3 Å². The highest BCUT2D eigenvalue weighted by Gasteiger charge is 2.31. The zero-order chi connectivity index (χ0) is 23.6. The summed E-state index contributed by atoms with van der Waals surface area (Å²) in [6, 6.07) is 12.6. The second kappa shape index (κ2) is 12.9. The molecule has 2 atom stereocenters. The van der Waals surface area contributed by atoms with Crippen molar-refractivity contribution in [3.05, 3.63) is 51.7 Å². The zero-order valence-electron chi connectivity index (χ0n) is 19.9. The van der Waals surface area contributed by atoms with Crippen LogP contribution in [0.2, 0.25) is 0 Å². The third kappa shape index (κ3) is 7.15. The predicted molar refractivity (Wildman–Crippen MR) is 134 cm³/mol. The van der Waals surface area contributed by atoms with E-state index in [-0.39, 0.29) is 31.1 Å². The summed E-state index contributed by atoms with van der Waals surface area (Å²) in [5.74, 6) is 0.386. The highest BCUT2D eigenvalue weighted by atomic mass is 32.1. The molecule has 33 heavy (non-hydrogen) atoms. The van der Waals surface area contributed by atoms with E-state index in [1.165, 1.54) is 42.6 Å². The fourth-order valence-electron chi connectivity index (χ4n) is 4.55. The SMILES string of the molecule is CCCCC[C@H](C)c1ccc(N2C(=O)CC[C@@H]2CCCc2ccc(C(=O)OCCO)s2)cc1. The molecular formula is C27H37NO4S. The molecule has 3 rings (SSSR count). The number of rotatable bonds is 13. The Labute approximate surface area is 201 Å². The quantitative estimate of drug-likeness (QED) is 0.283. The van der Waals surface area contributed by atoms with Gasteiger partial charge in [0.25, 0.3) is 0 Å². The first kappa shape index (κ1) is 25.4. The van der Waals surface area contributed by atoms with E-state index in [0.29, 0.717) is 17.2 Å². The van der Waals surface area contributed by atoms with Gasteiger partial charge >= 0.3 is 5.97 Å². The molecule has 0 saturated carbocycles. The van der Waals surface area contributed by atoms with Crippen molar-refractivity contribution in [2.75, 3.05) is 18.1 Å². The number of carbonyl (C=O) groups excluding carboxylic acids is 2. The van der Waals surface area contributed by atoms with Crippen molar-refractivity contribution >= 4 is 28.9 Å². The minimum atomic E-state index is -0.379. The summed E-state index contributed by atoms with van der Waals surface area (Å²) in [6.45, 7) is 4.38. The lowest BCUT2D eigenvalue weighted by Crippen LogP contribution is -2.32. The van der Waals surface area contributed by atoms with E-state index in [2.05, 4.69) is 38.1 Å². The Kier molecular flexibility index (Phi) is 9.95. The summed E-state index contributed by atoms with van der Waals surface area (Å²) in [7, 11) is 0. The normalized spacial score (nSPS) is 16.9. The average Bonchev–Trinajstić information content (AvgIpc) is 3.44. The van der Waals surface area contributed by atoms with Crippen molar-refractivity contribution in [1.82, 2.24) is 0 Å². The van der Waals surface area contributed by atoms with Crippen molar-refractivity contribution in [3.8, 4) is 0 Å². The Morgan fingerprint density at radius 1 is 1.18 bits per heavy atom. The van der Waals surface area contributed by atoms with Crippen molar-refractivity contribution in [3.63, 3.8) is 0 Å². The number of carbonyl (C=O) groups is 2. The van der Waals surface area contributed by atoms with Crippen LogP contribution >= 0.6 is 11.3 Å². The summed E-state index contributed by atoms with van der Waals surface area (Å²) >= 11 is 1.45. The van der Waals surface area contributed by atoms with Crippen LogP contribution in [0.25, 0.3) is 0 Å². The molecule has 1 aromatic carbocycles. The number of amides is 1. The molecule has 0 bridgehead atoms. The first-order valence-corrected chi connectivity index (χ1v) is 13.1. The van der Waals surface area contributed by atoms with Gasteiger partial charge in [0.15, 0.2) is 0 Å². The smallest absolute Gasteiger partial charge is 0.348 e. The Bertz CT molecular complexity index is 892. The molecule has 1 amide bonds. The molecule has 180 valence electrons. The van der Waals surface area contributed by atoms with Crippen LogP contribution < -0.4 is 4.90 Å². The van der Waals surface area contributed by atoms with Gasteiger partial charge in [-0.3, -0.25) is 4.79 Å². The molecule has 0 spiro atoms. The fraction of sp³-hybridized carbons (Fsp3) is 0.556. The molecule has 5 nitrogen and oxygen atoms in total. The van der Waals surface area contributed by atoms with Crippen molar-refractivity contribution in [1.29, 1.82) is 0 Å². The Morgan fingerprint density at radius 2 is 1.97 bits per heavy atom. The molecule has 1 aliphatic heterocycles. The third-order valence-corrected chi connectivity index (χ3v) is 7.58. The second-order valence-electron chi connectivity index (χ2n) is 8.96. The van der Waals surface area contributed by atoms with Gasteiger partial charge in [0.05, 0.1) is 6.61 Å². The number of aliphatic hydroxyl groups is 1. The molecule has 0 radical (unpaired) electrons. The summed E-state index contributed by atoms with van der Waals surface area (Å²) in [6.07, 6.45) is 9.31. The molecule has 2 heterocycles. The largest absolute Gasteiger partial charge is 0.459 e. The second-order valence-corrected chi connectivity index (χ2v) is 10.1. The Balaban J connectivity index is 1.53. The number of anilines is 1. The summed E-state index contributed by atoms with van der Waals surface area (Å²) in [5.41, 5.74) is 2.36. The van der Waals surface area contributed by atoms with Gasteiger partial charge in [-0.05, 0) is 67.9 Å². The summed E-state index contributed by atoms with van der Waals surface area (Å²) in [4.78, 5) is 28.2. The standard InChI is InChI=1S/C27H37NO4S/c1-3-4-5-7-20(2)21-10-12-23(13-11-21)28-22(14-17-26(28)30)8-6-9-24-15-16-25(33-24)27(31)32-19-18-29/h10-13,15-16,20,22,29H,3-9,14,17-19H2,1-2H3/t20-,22-/m0/s1. The van der Waals surface area contributed by atoms with E-state index >= 15 is 0 Å². The highest BCUT2D eigenvalue weighted by Crippen LogP contribution is 2.32. The number of benzene rings is 1. The molecule has 1 aliphatic rings. The number of nitrogens with zero attached hydrogens (tertiary/aromatic N) is 1. The number of aryl methyl sites for hydroxylation is 1. The van der Waals surface area contributed by atoms with Gasteiger partial charge in [-0.25, -0.2) is 4.79 Å². The lowest BCUT2D eigenvalue weighted by Gasteiger charge is -2.25. The van der Waals surface area contributed by atoms with Gasteiger partial charge in [0, 0.05) is 23.0 Å². The maximum atomic E-state index is 12.6. The predicted octanol–water partition coefficient (Wildman–Crippen LogP) is 6.10. The van der Waals surface area contributed by atoms with Crippen LogP contribution in [-0.4, -0.2) is 36.2 Å². The molecule has 1 N–H and O–H groups in total. The summed E-state index contributed by atoms with van der Waals surface area (Å²) < 4.78 is 4.98. The topological polar surface area (TPSA) is 66.8 Å². The molecule has 1 fully saturated rings. The Hall–Kier alpha value is -2.18. The lowest BCUT2D eigenvalue weighted by molar-refractivity contribution is -0.117. The van der Waals surface area contributed by atoms with Crippen LogP contribution in [-0.2, 0) is 16.0 Å². The molecule has 0 unspecified atom stereocenters. The van der Waals surface area contributed by atoms with Crippen LogP contribution in [0.3, 0.4) is 0 Å². The maximum Gasteiger partial charge on any atom is 0.348 e. The van der Waals surface area contributed by atoms with Gasteiger partial charge in [0.1, 0.15) is 11.5 Å². The number of thiophene rings is 1. The van der Waals surface area contributed by atoms with Gasteiger partial charge in [-0.1, -0.05) is 45.2 Å². The molecule has 6 heteroatoms. The molecular weight excluding hydrogens is 434 g/mol. The van der Waals surface area contributed by atoms with Gasteiger partial charge in [-0.2, -0.15) is 0 Å².